The number of benzene rings is 1. The molecule has 2 rings (SSSR count). The van der Waals surface area contributed by atoms with Crippen molar-refractivity contribution in [2.75, 3.05) is 0 Å². The van der Waals surface area contributed by atoms with Gasteiger partial charge in [0.2, 0.25) is 0 Å². The zero-order valence-corrected chi connectivity index (χ0v) is 9.93. The van der Waals surface area contributed by atoms with E-state index in [1.165, 1.54) is 11.3 Å². The maximum atomic E-state index is 10.6. The largest absolute Gasteiger partial charge is 0.298 e. The van der Waals surface area contributed by atoms with Crippen LogP contribution in [0.4, 0.5) is 0 Å². The first kappa shape index (κ1) is 9.62. The van der Waals surface area contributed by atoms with E-state index in [9.17, 15) is 4.79 Å². The molecule has 4 heteroatoms. The van der Waals surface area contributed by atoms with Gasteiger partial charge in [-0.15, -0.1) is 11.3 Å². The predicted molar refractivity (Wildman–Crippen MR) is 64.6 cm³/mol. The average molecular weight is 313 g/mol. The topological polar surface area (TPSA) is 40.9 Å². The molecule has 0 aliphatic heterocycles. The highest BCUT2D eigenvalue weighted by Crippen LogP contribution is 2.29. The Labute approximate surface area is 98.3 Å². The lowest BCUT2D eigenvalue weighted by atomic mass is 10.2. The highest BCUT2D eigenvalue weighted by atomic mass is 127. The van der Waals surface area contributed by atoms with E-state index in [1.807, 2.05) is 18.2 Å². The van der Waals surface area contributed by atoms with Gasteiger partial charge in [0.1, 0.15) is 17.2 Å². The quantitative estimate of drug-likeness (QED) is 0.599. The van der Waals surface area contributed by atoms with Crippen molar-refractivity contribution in [3.05, 3.63) is 32.2 Å². The van der Waals surface area contributed by atoms with Gasteiger partial charge in [0.05, 0.1) is 0 Å². The summed E-state index contributed by atoms with van der Waals surface area (Å²) in [4.78, 5) is 11.3. The summed E-state index contributed by atoms with van der Waals surface area (Å²) >= 11 is 3.59. The van der Waals surface area contributed by atoms with E-state index in [0.717, 1.165) is 19.9 Å². The first-order valence-electron chi connectivity index (χ1n) is 3.83. The van der Waals surface area contributed by atoms with Crippen LogP contribution in [-0.4, -0.2) is 6.29 Å². The van der Waals surface area contributed by atoms with E-state index in [-0.39, 0.29) is 0 Å². The highest BCUT2D eigenvalue weighted by molar-refractivity contribution is 14.1. The third kappa shape index (κ3) is 1.53. The number of rotatable bonds is 1. The van der Waals surface area contributed by atoms with Gasteiger partial charge in [-0.05, 0) is 40.8 Å². The van der Waals surface area contributed by atoms with Crippen LogP contribution in [0.2, 0.25) is 0 Å². The van der Waals surface area contributed by atoms with Crippen LogP contribution in [0, 0.1) is 14.9 Å². The van der Waals surface area contributed by atoms with E-state index in [1.54, 1.807) is 0 Å². The fourth-order valence-electron chi connectivity index (χ4n) is 1.24. The predicted octanol–water partition coefficient (Wildman–Crippen LogP) is 3.19. The molecule has 0 radical (unpaired) electrons. The van der Waals surface area contributed by atoms with Crippen molar-refractivity contribution in [3.63, 3.8) is 0 Å². The maximum absolute atomic E-state index is 10.6. The fourth-order valence-corrected chi connectivity index (χ4v) is 3.16. The number of hydrogen-bond acceptors (Lipinski definition) is 3. The molecular formula is C10H4INOS. The molecule has 68 valence electrons. The number of nitrogens with zero attached hydrogens (tertiary/aromatic N) is 1. The Bertz CT molecular complexity index is 553. The Balaban J connectivity index is 2.81. The van der Waals surface area contributed by atoms with Crippen LogP contribution in [0.3, 0.4) is 0 Å². The Kier molecular flexibility index (Phi) is 2.52. The molecule has 0 fully saturated rings. The molecule has 0 aliphatic rings. The number of hydrogen-bond donors (Lipinski definition) is 0. The number of thiophene rings is 1. The molecule has 0 saturated heterocycles. The van der Waals surface area contributed by atoms with Crippen LogP contribution >= 0.6 is 33.9 Å². The first-order valence-corrected chi connectivity index (χ1v) is 5.72. The Morgan fingerprint density at radius 3 is 2.86 bits per heavy atom. The fraction of sp³-hybridized carbons (Fsp3) is 0. The SMILES string of the molecule is N#Cc1cc2c(I)cc(C=O)cc2s1. The molecule has 0 saturated carbocycles. The average Bonchev–Trinajstić information content (AvgIpc) is 2.61. The summed E-state index contributed by atoms with van der Waals surface area (Å²) in [7, 11) is 0. The Morgan fingerprint density at radius 2 is 2.21 bits per heavy atom. The van der Waals surface area contributed by atoms with Crippen molar-refractivity contribution in [1.82, 2.24) is 0 Å². The van der Waals surface area contributed by atoms with Crippen LogP contribution in [0.5, 0.6) is 0 Å². The molecule has 14 heavy (non-hydrogen) atoms. The van der Waals surface area contributed by atoms with E-state index in [4.69, 9.17) is 5.26 Å². The smallest absolute Gasteiger partial charge is 0.150 e. The zero-order valence-electron chi connectivity index (χ0n) is 6.95. The summed E-state index contributed by atoms with van der Waals surface area (Å²) in [6.07, 6.45) is 0.827. The summed E-state index contributed by atoms with van der Waals surface area (Å²) in [5, 5.41) is 9.80. The minimum absolute atomic E-state index is 0.660. The van der Waals surface area contributed by atoms with Gasteiger partial charge in [-0.25, -0.2) is 0 Å². The Hall–Kier alpha value is -0.930. The van der Waals surface area contributed by atoms with Crippen molar-refractivity contribution in [2.45, 2.75) is 0 Å². The van der Waals surface area contributed by atoms with E-state index < -0.39 is 0 Å². The molecule has 0 N–H and O–H groups in total. The molecule has 1 aromatic heterocycles. The number of halogens is 1. The summed E-state index contributed by atoms with van der Waals surface area (Å²) in [5.41, 5.74) is 0.660. The number of carbonyl (C=O) groups excluding carboxylic acids is 1. The Morgan fingerprint density at radius 1 is 1.43 bits per heavy atom. The van der Waals surface area contributed by atoms with Crippen LogP contribution in [0.1, 0.15) is 15.2 Å². The molecule has 2 nitrogen and oxygen atoms in total. The van der Waals surface area contributed by atoms with Crippen molar-refractivity contribution in [2.24, 2.45) is 0 Å². The summed E-state index contributed by atoms with van der Waals surface area (Å²) in [6.45, 7) is 0. The van der Waals surface area contributed by atoms with Gasteiger partial charge < -0.3 is 0 Å². The van der Waals surface area contributed by atoms with E-state index in [2.05, 4.69) is 28.7 Å². The minimum atomic E-state index is 0.660. The highest BCUT2D eigenvalue weighted by Gasteiger charge is 2.06. The first-order chi connectivity index (χ1) is 6.74. The van der Waals surface area contributed by atoms with E-state index >= 15 is 0 Å². The molecule has 1 aromatic carbocycles. The lowest BCUT2D eigenvalue weighted by Gasteiger charge is -1.94. The maximum Gasteiger partial charge on any atom is 0.150 e. The van der Waals surface area contributed by atoms with Crippen molar-refractivity contribution < 1.29 is 4.79 Å². The molecule has 0 aliphatic carbocycles. The third-order valence-electron chi connectivity index (χ3n) is 1.86. The summed E-state index contributed by atoms with van der Waals surface area (Å²) in [6, 6.07) is 7.60. The van der Waals surface area contributed by atoms with Gasteiger partial charge in [-0.2, -0.15) is 5.26 Å². The monoisotopic (exact) mass is 313 g/mol. The second kappa shape index (κ2) is 3.67. The number of nitriles is 1. The van der Waals surface area contributed by atoms with Crippen LogP contribution < -0.4 is 0 Å². The van der Waals surface area contributed by atoms with Crippen molar-refractivity contribution in [3.8, 4) is 6.07 Å². The molecule has 0 atom stereocenters. The number of aldehydes is 1. The van der Waals surface area contributed by atoms with E-state index in [0.29, 0.717) is 10.4 Å². The standard InChI is InChI=1S/C10H4INOS/c11-9-1-6(5-13)2-10-8(9)3-7(4-12)14-10/h1-3,5H. The van der Waals surface area contributed by atoms with Crippen LogP contribution in [-0.2, 0) is 0 Å². The molecule has 0 spiro atoms. The normalized spacial score (nSPS) is 10.0. The van der Waals surface area contributed by atoms with Crippen LogP contribution in [0.25, 0.3) is 10.1 Å². The molecule has 0 amide bonds. The number of carbonyl (C=O) groups is 1. The van der Waals surface area contributed by atoms with Gasteiger partial charge in [0.25, 0.3) is 0 Å². The zero-order chi connectivity index (χ0) is 10.1. The van der Waals surface area contributed by atoms with Gasteiger partial charge in [0.15, 0.2) is 0 Å². The van der Waals surface area contributed by atoms with Gasteiger partial charge in [-0.1, -0.05) is 0 Å². The second-order valence-corrected chi connectivity index (χ2v) is 5.00. The van der Waals surface area contributed by atoms with Crippen molar-refractivity contribution in [1.29, 1.82) is 5.26 Å². The molecule has 0 bridgehead atoms. The molecule has 2 aromatic rings. The van der Waals surface area contributed by atoms with Crippen LogP contribution in [0.15, 0.2) is 18.2 Å². The van der Waals surface area contributed by atoms with Gasteiger partial charge >= 0.3 is 0 Å². The minimum Gasteiger partial charge on any atom is -0.298 e. The lowest BCUT2D eigenvalue weighted by molar-refractivity contribution is 0.112. The number of fused-ring (bicyclic) bond motifs is 1. The summed E-state index contributed by atoms with van der Waals surface area (Å²) in [5.74, 6) is 0. The van der Waals surface area contributed by atoms with Gasteiger partial charge in [0, 0.05) is 19.2 Å². The summed E-state index contributed by atoms with van der Waals surface area (Å²) < 4.78 is 2.01. The third-order valence-corrected chi connectivity index (χ3v) is 3.73. The molecular weight excluding hydrogens is 309 g/mol. The second-order valence-electron chi connectivity index (χ2n) is 2.75. The lowest BCUT2D eigenvalue weighted by Crippen LogP contribution is -1.80. The van der Waals surface area contributed by atoms with Crippen molar-refractivity contribution >= 4 is 50.3 Å². The molecule has 0 unspecified atom stereocenters. The van der Waals surface area contributed by atoms with Gasteiger partial charge in [-0.3, -0.25) is 4.79 Å². The molecule has 1 heterocycles.